The lowest BCUT2D eigenvalue weighted by molar-refractivity contribution is 0.312. The van der Waals surface area contributed by atoms with E-state index in [1.807, 2.05) is 18.3 Å². The highest BCUT2D eigenvalue weighted by atomic mass is 15.2. The molecule has 0 unspecified atom stereocenters. The Morgan fingerprint density at radius 1 is 1.22 bits per heavy atom. The zero-order chi connectivity index (χ0) is 12.4. The van der Waals surface area contributed by atoms with E-state index in [0.29, 0.717) is 6.04 Å². The highest BCUT2D eigenvalue weighted by molar-refractivity contribution is 5.60. The number of aromatic nitrogens is 3. The van der Waals surface area contributed by atoms with Gasteiger partial charge in [0.05, 0.1) is 17.4 Å². The number of hydrogen-bond acceptors (Lipinski definition) is 4. The predicted molar refractivity (Wildman–Crippen MR) is 69.9 cm³/mol. The van der Waals surface area contributed by atoms with Crippen molar-refractivity contribution >= 4 is 0 Å². The number of likely N-dealkylation sites (tertiary alicyclic amines) is 1. The second-order valence-electron chi connectivity index (χ2n) is 4.67. The molecule has 1 aliphatic rings. The summed E-state index contributed by atoms with van der Waals surface area (Å²) in [5, 5.41) is 0. The summed E-state index contributed by atoms with van der Waals surface area (Å²) in [5.74, 6) is 0. The van der Waals surface area contributed by atoms with E-state index in [1.54, 1.807) is 18.6 Å². The van der Waals surface area contributed by atoms with Crippen LogP contribution in [0.25, 0.3) is 11.3 Å². The Bertz CT molecular complexity index is 526. The first-order valence-electron chi connectivity index (χ1n) is 6.28. The lowest BCUT2D eigenvalue weighted by Gasteiger charge is -2.20. The second kappa shape index (κ2) is 4.82. The lowest BCUT2D eigenvalue weighted by Crippen LogP contribution is -2.19. The van der Waals surface area contributed by atoms with Crippen molar-refractivity contribution in [2.75, 3.05) is 13.6 Å². The van der Waals surface area contributed by atoms with E-state index >= 15 is 0 Å². The monoisotopic (exact) mass is 240 g/mol. The van der Waals surface area contributed by atoms with Crippen molar-refractivity contribution in [2.24, 2.45) is 0 Å². The summed E-state index contributed by atoms with van der Waals surface area (Å²) < 4.78 is 0. The molecule has 4 heteroatoms. The molecule has 0 radical (unpaired) electrons. The molecule has 3 rings (SSSR count). The first-order chi connectivity index (χ1) is 8.86. The van der Waals surface area contributed by atoms with Gasteiger partial charge >= 0.3 is 0 Å². The van der Waals surface area contributed by atoms with Gasteiger partial charge in [-0.2, -0.15) is 0 Å². The van der Waals surface area contributed by atoms with E-state index in [4.69, 9.17) is 0 Å². The molecule has 2 aromatic rings. The Morgan fingerprint density at radius 3 is 2.83 bits per heavy atom. The molecule has 1 fully saturated rings. The van der Waals surface area contributed by atoms with Crippen LogP contribution < -0.4 is 0 Å². The van der Waals surface area contributed by atoms with Gasteiger partial charge in [-0.1, -0.05) is 0 Å². The molecule has 1 saturated heterocycles. The van der Waals surface area contributed by atoms with Crippen LogP contribution >= 0.6 is 0 Å². The summed E-state index contributed by atoms with van der Waals surface area (Å²) in [6.45, 7) is 1.13. The number of nitrogens with zero attached hydrogens (tertiary/aromatic N) is 4. The van der Waals surface area contributed by atoms with Gasteiger partial charge in [0.1, 0.15) is 0 Å². The molecule has 0 saturated carbocycles. The average Bonchev–Trinajstić information content (AvgIpc) is 2.86. The largest absolute Gasteiger partial charge is 0.298 e. The molecule has 3 heterocycles. The normalized spacial score (nSPS) is 20.2. The molecule has 0 bridgehead atoms. The molecule has 2 aromatic heterocycles. The summed E-state index contributed by atoms with van der Waals surface area (Å²) in [6, 6.07) is 4.36. The van der Waals surface area contributed by atoms with Crippen molar-refractivity contribution in [3.05, 3.63) is 42.6 Å². The molecular formula is C14H16N4. The van der Waals surface area contributed by atoms with Crippen LogP contribution in [0.4, 0.5) is 0 Å². The number of pyridine rings is 1. The molecule has 1 aliphatic heterocycles. The SMILES string of the molecule is CN1CCC[C@H]1c1nccnc1-c1cccnc1. The molecule has 4 nitrogen and oxygen atoms in total. The fourth-order valence-electron chi connectivity index (χ4n) is 2.57. The van der Waals surface area contributed by atoms with E-state index in [0.717, 1.165) is 29.9 Å². The first kappa shape index (κ1) is 11.3. The fraction of sp³-hybridized carbons (Fsp3) is 0.357. The van der Waals surface area contributed by atoms with Crippen LogP contribution in [-0.2, 0) is 0 Å². The van der Waals surface area contributed by atoms with Crippen LogP contribution in [0, 0.1) is 0 Å². The van der Waals surface area contributed by atoms with Gasteiger partial charge in [-0.05, 0) is 38.6 Å². The van der Waals surface area contributed by atoms with Gasteiger partial charge in [-0.25, -0.2) is 0 Å². The minimum atomic E-state index is 0.383. The van der Waals surface area contributed by atoms with Crippen LogP contribution in [0.3, 0.4) is 0 Å². The summed E-state index contributed by atoms with van der Waals surface area (Å²) in [4.78, 5) is 15.6. The van der Waals surface area contributed by atoms with Gasteiger partial charge in [-0.15, -0.1) is 0 Å². The summed E-state index contributed by atoms with van der Waals surface area (Å²) in [5.41, 5.74) is 3.08. The van der Waals surface area contributed by atoms with Gasteiger partial charge in [0.15, 0.2) is 0 Å². The van der Waals surface area contributed by atoms with Crippen LogP contribution in [-0.4, -0.2) is 33.4 Å². The highest BCUT2D eigenvalue weighted by Crippen LogP contribution is 2.33. The molecule has 0 aliphatic carbocycles. The Kier molecular flexibility index (Phi) is 3.02. The predicted octanol–water partition coefficient (Wildman–Crippen LogP) is 2.31. The van der Waals surface area contributed by atoms with Crippen molar-refractivity contribution in [1.82, 2.24) is 19.9 Å². The van der Waals surface area contributed by atoms with Crippen molar-refractivity contribution < 1.29 is 0 Å². The van der Waals surface area contributed by atoms with E-state index in [-0.39, 0.29) is 0 Å². The zero-order valence-corrected chi connectivity index (χ0v) is 10.5. The minimum Gasteiger partial charge on any atom is -0.298 e. The van der Waals surface area contributed by atoms with Gasteiger partial charge in [0.25, 0.3) is 0 Å². The standard InChI is InChI=1S/C14H16N4/c1-18-9-3-5-12(18)14-13(16-7-8-17-14)11-4-2-6-15-10-11/h2,4,6-8,10,12H,3,5,9H2,1H3/t12-/m0/s1. The maximum absolute atomic E-state index is 4.56. The fourth-order valence-corrected chi connectivity index (χ4v) is 2.57. The third kappa shape index (κ3) is 1.99. The molecule has 1 atom stereocenters. The van der Waals surface area contributed by atoms with E-state index in [2.05, 4.69) is 26.9 Å². The Labute approximate surface area is 107 Å². The Morgan fingerprint density at radius 2 is 2.11 bits per heavy atom. The highest BCUT2D eigenvalue weighted by Gasteiger charge is 2.26. The quantitative estimate of drug-likeness (QED) is 0.807. The topological polar surface area (TPSA) is 41.9 Å². The van der Waals surface area contributed by atoms with Crippen molar-refractivity contribution in [2.45, 2.75) is 18.9 Å². The van der Waals surface area contributed by atoms with Crippen LogP contribution in [0.2, 0.25) is 0 Å². The number of rotatable bonds is 2. The van der Waals surface area contributed by atoms with Gasteiger partial charge in [0, 0.05) is 30.4 Å². The van der Waals surface area contributed by atoms with Crippen molar-refractivity contribution in [3.8, 4) is 11.3 Å². The number of hydrogen-bond donors (Lipinski definition) is 0. The zero-order valence-electron chi connectivity index (χ0n) is 10.5. The molecule has 0 amide bonds. The van der Waals surface area contributed by atoms with Crippen molar-refractivity contribution in [1.29, 1.82) is 0 Å². The van der Waals surface area contributed by atoms with Gasteiger partial charge in [-0.3, -0.25) is 19.9 Å². The summed E-state index contributed by atoms with van der Waals surface area (Å²) >= 11 is 0. The summed E-state index contributed by atoms with van der Waals surface area (Å²) in [6.07, 6.45) is 9.54. The molecule has 0 N–H and O–H groups in total. The lowest BCUT2D eigenvalue weighted by atomic mass is 10.0. The van der Waals surface area contributed by atoms with E-state index in [9.17, 15) is 0 Å². The Hall–Kier alpha value is -1.81. The smallest absolute Gasteiger partial charge is 0.0949 e. The molecule has 0 aromatic carbocycles. The first-order valence-corrected chi connectivity index (χ1v) is 6.28. The van der Waals surface area contributed by atoms with Gasteiger partial charge < -0.3 is 0 Å². The van der Waals surface area contributed by atoms with E-state index < -0.39 is 0 Å². The van der Waals surface area contributed by atoms with Crippen LogP contribution in [0.5, 0.6) is 0 Å². The molecule has 18 heavy (non-hydrogen) atoms. The minimum absolute atomic E-state index is 0.383. The third-order valence-electron chi connectivity index (χ3n) is 3.50. The van der Waals surface area contributed by atoms with Crippen LogP contribution in [0.1, 0.15) is 24.6 Å². The Balaban J connectivity index is 2.05. The van der Waals surface area contributed by atoms with Gasteiger partial charge in [0.2, 0.25) is 0 Å². The average molecular weight is 240 g/mol. The second-order valence-corrected chi connectivity index (χ2v) is 4.67. The maximum Gasteiger partial charge on any atom is 0.0949 e. The molecular weight excluding hydrogens is 224 g/mol. The van der Waals surface area contributed by atoms with Crippen LogP contribution in [0.15, 0.2) is 36.9 Å². The third-order valence-corrected chi connectivity index (χ3v) is 3.50. The molecule has 0 spiro atoms. The maximum atomic E-state index is 4.56. The summed E-state index contributed by atoms with van der Waals surface area (Å²) in [7, 11) is 2.15. The van der Waals surface area contributed by atoms with Crippen molar-refractivity contribution in [3.63, 3.8) is 0 Å². The van der Waals surface area contributed by atoms with E-state index in [1.165, 1.54) is 6.42 Å². The molecule has 92 valence electrons.